The van der Waals surface area contributed by atoms with Gasteiger partial charge in [-0.15, -0.1) is 0 Å². The summed E-state index contributed by atoms with van der Waals surface area (Å²) in [7, 11) is 0. The van der Waals surface area contributed by atoms with Gasteiger partial charge in [-0.05, 0) is 42.0 Å². The van der Waals surface area contributed by atoms with E-state index in [2.05, 4.69) is 40.2 Å². The maximum atomic E-state index is 5.86. The molecule has 0 spiro atoms. The molecular formula is C16H13BrN2S. The number of hydrogen-bond donors (Lipinski definition) is 1. The van der Waals surface area contributed by atoms with Crippen LogP contribution in [0.1, 0.15) is 5.56 Å². The molecule has 0 saturated carbocycles. The molecule has 0 atom stereocenters. The van der Waals surface area contributed by atoms with Gasteiger partial charge in [0.15, 0.2) is 0 Å². The third-order valence-electron chi connectivity index (χ3n) is 3.01. The molecule has 0 radical (unpaired) electrons. The van der Waals surface area contributed by atoms with E-state index < -0.39 is 0 Å². The molecule has 2 nitrogen and oxygen atoms in total. The predicted octanol–water partition coefficient (Wildman–Crippen LogP) is 4.61. The molecule has 1 heterocycles. The van der Waals surface area contributed by atoms with Crippen LogP contribution in [0.5, 0.6) is 0 Å². The van der Waals surface area contributed by atoms with E-state index in [1.54, 1.807) is 11.8 Å². The standard InChI is InChI=1S/C16H13BrN2S/c17-13-5-7-14(8-6-13)20-16-12(10-18)9-11-3-1-2-4-15(11)19-16/h1-9H,10,18H2. The normalized spacial score (nSPS) is 10.9. The van der Waals surface area contributed by atoms with Gasteiger partial charge in [-0.25, -0.2) is 4.98 Å². The maximum Gasteiger partial charge on any atom is 0.106 e. The summed E-state index contributed by atoms with van der Waals surface area (Å²) in [5.74, 6) is 0. The van der Waals surface area contributed by atoms with Crippen molar-refractivity contribution < 1.29 is 0 Å². The molecule has 0 unspecified atom stereocenters. The second-order valence-corrected chi connectivity index (χ2v) is 6.38. The lowest BCUT2D eigenvalue weighted by atomic mass is 10.1. The Labute approximate surface area is 130 Å². The van der Waals surface area contributed by atoms with Gasteiger partial charge in [0.25, 0.3) is 0 Å². The van der Waals surface area contributed by atoms with Crippen LogP contribution in [0.25, 0.3) is 10.9 Å². The largest absolute Gasteiger partial charge is 0.326 e. The van der Waals surface area contributed by atoms with E-state index in [0.717, 1.165) is 30.9 Å². The Morgan fingerprint density at radius 1 is 1.05 bits per heavy atom. The van der Waals surface area contributed by atoms with E-state index in [-0.39, 0.29) is 0 Å². The summed E-state index contributed by atoms with van der Waals surface area (Å²) in [4.78, 5) is 5.89. The molecule has 4 heteroatoms. The summed E-state index contributed by atoms with van der Waals surface area (Å²) < 4.78 is 1.08. The number of hydrogen-bond acceptors (Lipinski definition) is 3. The number of halogens is 1. The smallest absolute Gasteiger partial charge is 0.106 e. The molecule has 0 aliphatic rings. The Hall–Kier alpha value is -1.36. The van der Waals surface area contributed by atoms with Crippen molar-refractivity contribution in [1.29, 1.82) is 0 Å². The van der Waals surface area contributed by atoms with Crippen molar-refractivity contribution in [2.45, 2.75) is 16.5 Å². The molecular weight excluding hydrogens is 332 g/mol. The molecule has 3 aromatic rings. The van der Waals surface area contributed by atoms with E-state index in [1.165, 1.54) is 0 Å². The first kappa shape index (κ1) is 13.6. The van der Waals surface area contributed by atoms with Crippen molar-refractivity contribution in [3.63, 3.8) is 0 Å². The Kier molecular flexibility index (Phi) is 4.05. The van der Waals surface area contributed by atoms with E-state index in [1.807, 2.05) is 30.3 Å². The van der Waals surface area contributed by atoms with Gasteiger partial charge in [0.1, 0.15) is 5.03 Å². The van der Waals surface area contributed by atoms with Crippen LogP contribution in [-0.4, -0.2) is 4.98 Å². The molecule has 20 heavy (non-hydrogen) atoms. The molecule has 0 aliphatic heterocycles. The Balaban J connectivity index is 2.03. The molecule has 2 N–H and O–H groups in total. The first-order chi connectivity index (χ1) is 9.76. The maximum absolute atomic E-state index is 5.86. The number of pyridine rings is 1. The summed E-state index contributed by atoms with van der Waals surface area (Å²) in [6.45, 7) is 0.497. The Morgan fingerprint density at radius 2 is 1.80 bits per heavy atom. The number of fused-ring (bicyclic) bond motifs is 1. The number of nitrogens with zero attached hydrogens (tertiary/aromatic N) is 1. The number of rotatable bonds is 3. The summed E-state index contributed by atoms with van der Waals surface area (Å²) in [6.07, 6.45) is 0. The molecule has 3 rings (SSSR count). The van der Waals surface area contributed by atoms with Gasteiger partial charge in [-0.3, -0.25) is 0 Å². The van der Waals surface area contributed by atoms with Crippen molar-refractivity contribution in [2.24, 2.45) is 5.73 Å². The minimum atomic E-state index is 0.497. The zero-order valence-corrected chi connectivity index (χ0v) is 13.1. The summed E-state index contributed by atoms with van der Waals surface area (Å²) in [6, 6.07) is 18.5. The zero-order valence-electron chi connectivity index (χ0n) is 10.7. The zero-order chi connectivity index (χ0) is 13.9. The second kappa shape index (κ2) is 5.95. The molecule has 1 aromatic heterocycles. The van der Waals surface area contributed by atoms with E-state index >= 15 is 0 Å². The average Bonchev–Trinajstić information content (AvgIpc) is 2.49. The highest BCUT2D eigenvalue weighted by molar-refractivity contribution is 9.10. The van der Waals surface area contributed by atoms with Crippen LogP contribution >= 0.6 is 27.7 Å². The first-order valence-corrected chi connectivity index (χ1v) is 7.89. The van der Waals surface area contributed by atoms with Crippen molar-refractivity contribution in [1.82, 2.24) is 4.98 Å². The topological polar surface area (TPSA) is 38.9 Å². The van der Waals surface area contributed by atoms with Crippen LogP contribution in [-0.2, 0) is 6.54 Å². The highest BCUT2D eigenvalue weighted by Gasteiger charge is 2.07. The van der Waals surface area contributed by atoms with Gasteiger partial charge in [0.2, 0.25) is 0 Å². The minimum absolute atomic E-state index is 0.497. The van der Waals surface area contributed by atoms with Crippen LogP contribution < -0.4 is 5.73 Å². The quantitative estimate of drug-likeness (QED) is 0.754. The van der Waals surface area contributed by atoms with Gasteiger partial charge >= 0.3 is 0 Å². The minimum Gasteiger partial charge on any atom is -0.326 e. The third-order valence-corrected chi connectivity index (χ3v) is 4.59. The van der Waals surface area contributed by atoms with Gasteiger partial charge in [-0.1, -0.05) is 45.9 Å². The molecule has 0 saturated heterocycles. The summed E-state index contributed by atoms with van der Waals surface area (Å²) in [5.41, 5.74) is 7.94. The van der Waals surface area contributed by atoms with Gasteiger partial charge in [0.05, 0.1) is 5.52 Å². The van der Waals surface area contributed by atoms with Crippen LogP contribution in [0.3, 0.4) is 0 Å². The van der Waals surface area contributed by atoms with Gasteiger partial charge in [0, 0.05) is 21.3 Å². The average molecular weight is 345 g/mol. The molecule has 0 bridgehead atoms. The molecule has 0 fully saturated rings. The highest BCUT2D eigenvalue weighted by atomic mass is 79.9. The summed E-state index contributed by atoms with van der Waals surface area (Å²) in [5, 5.41) is 2.11. The molecule has 100 valence electrons. The van der Waals surface area contributed by atoms with Crippen LogP contribution in [0.2, 0.25) is 0 Å². The lowest BCUT2D eigenvalue weighted by Gasteiger charge is -2.09. The molecule has 0 aliphatic carbocycles. The van der Waals surface area contributed by atoms with E-state index in [4.69, 9.17) is 10.7 Å². The lowest BCUT2D eigenvalue weighted by molar-refractivity contribution is 0.982. The SMILES string of the molecule is NCc1cc2ccccc2nc1Sc1ccc(Br)cc1. The summed E-state index contributed by atoms with van der Waals surface area (Å²) >= 11 is 5.10. The molecule has 2 aromatic carbocycles. The Morgan fingerprint density at radius 3 is 2.55 bits per heavy atom. The predicted molar refractivity (Wildman–Crippen MR) is 87.9 cm³/mol. The number of para-hydroxylation sites is 1. The van der Waals surface area contributed by atoms with Gasteiger partial charge in [-0.2, -0.15) is 0 Å². The number of aromatic nitrogens is 1. The van der Waals surface area contributed by atoms with Crippen LogP contribution in [0, 0.1) is 0 Å². The van der Waals surface area contributed by atoms with E-state index in [0.29, 0.717) is 6.54 Å². The van der Waals surface area contributed by atoms with E-state index in [9.17, 15) is 0 Å². The second-order valence-electron chi connectivity index (χ2n) is 4.41. The van der Waals surface area contributed by atoms with Crippen molar-refractivity contribution in [2.75, 3.05) is 0 Å². The van der Waals surface area contributed by atoms with Crippen molar-refractivity contribution >= 4 is 38.6 Å². The highest BCUT2D eigenvalue weighted by Crippen LogP contribution is 2.31. The van der Waals surface area contributed by atoms with Gasteiger partial charge < -0.3 is 5.73 Å². The third kappa shape index (κ3) is 2.87. The van der Waals surface area contributed by atoms with Crippen LogP contribution in [0.15, 0.2) is 69.0 Å². The van der Waals surface area contributed by atoms with Crippen molar-refractivity contribution in [3.8, 4) is 0 Å². The van der Waals surface area contributed by atoms with Crippen molar-refractivity contribution in [3.05, 3.63) is 64.6 Å². The fourth-order valence-electron chi connectivity index (χ4n) is 1.99. The number of benzene rings is 2. The monoisotopic (exact) mass is 344 g/mol. The fraction of sp³-hybridized carbons (Fsp3) is 0.0625. The lowest BCUT2D eigenvalue weighted by Crippen LogP contribution is -2.00. The van der Waals surface area contributed by atoms with Crippen LogP contribution in [0.4, 0.5) is 0 Å². The number of nitrogens with two attached hydrogens (primary N) is 1. The molecule has 0 amide bonds. The first-order valence-electron chi connectivity index (χ1n) is 6.28. The fourth-order valence-corrected chi connectivity index (χ4v) is 3.17. The Bertz CT molecular complexity index is 741.